The van der Waals surface area contributed by atoms with Crippen LogP contribution in [0.1, 0.15) is 0 Å². The topological polar surface area (TPSA) is 71.8 Å². The molecular weight excluding hydrogens is 262 g/mol. The number of rotatable bonds is 2. The number of halogens is 1. The Hall–Kier alpha value is -1.69. The van der Waals surface area contributed by atoms with Crippen molar-refractivity contribution >= 4 is 21.6 Å². The van der Waals surface area contributed by atoms with E-state index in [9.17, 15) is 10.1 Å². The molecule has 15 heavy (non-hydrogen) atoms. The van der Waals surface area contributed by atoms with E-state index in [0.717, 1.165) is 10.0 Å². The standard InChI is InChI=1S/C9H6BrN3O2/c10-7-4-2-1-3-6(7)9-8(13(14)15)5-11-12-9/h1-5H,(H,11,12). The summed E-state index contributed by atoms with van der Waals surface area (Å²) in [5, 5.41) is 17.0. The maximum Gasteiger partial charge on any atom is 0.314 e. The summed E-state index contributed by atoms with van der Waals surface area (Å²) in [5.41, 5.74) is 1.11. The molecule has 0 radical (unpaired) electrons. The Kier molecular flexibility index (Phi) is 2.51. The Morgan fingerprint density at radius 1 is 1.40 bits per heavy atom. The smallest absolute Gasteiger partial charge is 0.271 e. The molecule has 0 bridgehead atoms. The number of nitro groups is 1. The van der Waals surface area contributed by atoms with Gasteiger partial charge in [0.25, 0.3) is 0 Å². The molecule has 0 fully saturated rings. The Bertz CT molecular complexity index is 510. The van der Waals surface area contributed by atoms with E-state index in [1.165, 1.54) is 6.20 Å². The molecule has 0 aliphatic rings. The molecule has 0 unspecified atom stereocenters. The maximum absolute atomic E-state index is 10.7. The van der Waals surface area contributed by atoms with Crippen LogP contribution in [0.5, 0.6) is 0 Å². The molecule has 1 heterocycles. The number of hydrogen-bond acceptors (Lipinski definition) is 3. The Labute approximate surface area is 93.4 Å². The average Bonchev–Trinajstić information content (AvgIpc) is 2.67. The SMILES string of the molecule is O=[N+]([O-])c1cn[nH]c1-c1ccccc1Br. The highest BCUT2D eigenvalue weighted by Gasteiger charge is 2.18. The summed E-state index contributed by atoms with van der Waals surface area (Å²) < 4.78 is 0.789. The van der Waals surface area contributed by atoms with Crippen LogP contribution in [0.25, 0.3) is 11.3 Å². The van der Waals surface area contributed by atoms with Crippen LogP contribution in [0.3, 0.4) is 0 Å². The van der Waals surface area contributed by atoms with Gasteiger partial charge in [-0.2, -0.15) is 5.10 Å². The second-order valence-electron chi connectivity index (χ2n) is 2.87. The third-order valence-electron chi connectivity index (χ3n) is 1.96. The van der Waals surface area contributed by atoms with Crippen LogP contribution in [-0.2, 0) is 0 Å². The van der Waals surface area contributed by atoms with Crippen molar-refractivity contribution in [2.75, 3.05) is 0 Å². The molecule has 6 heteroatoms. The lowest BCUT2D eigenvalue weighted by molar-refractivity contribution is -0.384. The highest BCUT2D eigenvalue weighted by molar-refractivity contribution is 9.10. The Balaban J connectivity index is 2.59. The van der Waals surface area contributed by atoms with Crippen molar-refractivity contribution in [2.45, 2.75) is 0 Å². The van der Waals surface area contributed by atoms with Gasteiger partial charge in [0.05, 0.1) is 4.92 Å². The summed E-state index contributed by atoms with van der Waals surface area (Å²) in [5.74, 6) is 0. The molecule has 0 amide bonds. The maximum atomic E-state index is 10.7. The van der Waals surface area contributed by atoms with E-state index in [1.54, 1.807) is 6.07 Å². The van der Waals surface area contributed by atoms with E-state index in [4.69, 9.17) is 0 Å². The average molecular weight is 268 g/mol. The number of hydrogen-bond donors (Lipinski definition) is 1. The van der Waals surface area contributed by atoms with Crippen LogP contribution < -0.4 is 0 Å². The van der Waals surface area contributed by atoms with Crippen LogP contribution in [0.15, 0.2) is 34.9 Å². The predicted molar refractivity (Wildman–Crippen MR) is 58.4 cm³/mol. The van der Waals surface area contributed by atoms with Crippen molar-refractivity contribution in [1.29, 1.82) is 0 Å². The molecule has 0 atom stereocenters. The largest absolute Gasteiger partial charge is 0.314 e. The number of nitrogens with zero attached hydrogens (tertiary/aromatic N) is 2. The van der Waals surface area contributed by atoms with Gasteiger partial charge in [-0.15, -0.1) is 0 Å². The lowest BCUT2D eigenvalue weighted by atomic mass is 10.1. The second kappa shape index (κ2) is 3.82. The second-order valence-corrected chi connectivity index (χ2v) is 3.72. The van der Waals surface area contributed by atoms with Crippen LogP contribution >= 0.6 is 15.9 Å². The zero-order valence-corrected chi connectivity index (χ0v) is 9.06. The molecule has 0 aliphatic carbocycles. The van der Waals surface area contributed by atoms with Crippen LogP contribution in [0.2, 0.25) is 0 Å². The van der Waals surface area contributed by atoms with Crippen molar-refractivity contribution < 1.29 is 4.92 Å². The monoisotopic (exact) mass is 267 g/mol. The van der Waals surface area contributed by atoms with Gasteiger partial charge in [-0.25, -0.2) is 0 Å². The number of aromatic nitrogens is 2. The first-order valence-corrected chi connectivity index (χ1v) is 4.92. The highest BCUT2D eigenvalue weighted by Crippen LogP contribution is 2.32. The minimum absolute atomic E-state index is 0.0260. The number of H-pyrrole nitrogens is 1. The molecule has 1 aromatic carbocycles. The molecule has 0 saturated carbocycles. The van der Waals surface area contributed by atoms with Gasteiger partial charge in [0.15, 0.2) is 0 Å². The zero-order valence-electron chi connectivity index (χ0n) is 7.48. The Morgan fingerprint density at radius 2 is 2.13 bits per heavy atom. The normalized spacial score (nSPS) is 10.2. The third kappa shape index (κ3) is 1.75. The summed E-state index contributed by atoms with van der Waals surface area (Å²) in [6, 6.07) is 7.25. The molecule has 5 nitrogen and oxygen atoms in total. The minimum atomic E-state index is -0.460. The fourth-order valence-corrected chi connectivity index (χ4v) is 1.76. The number of benzene rings is 1. The summed E-state index contributed by atoms with van der Waals surface area (Å²) in [6.07, 6.45) is 1.20. The molecule has 1 aromatic heterocycles. The fraction of sp³-hybridized carbons (Fsp3) is 0. The van der Waals surface area contributed by atoms with Gasteiger partial charge in [-0.05, 0) is 6.07 Å². The fourth-order valence-electron chi connectivity index (χ4n) is 1.28. The van der Waals surface area contributed by atoms with Gasteiger partial charge >= 0.3 is 5.69 Å². The number of aromatic amines is 1. The van der Waals surface area contributed by atoms with E-state index in [1.807, 2.05) is 18.2 Å². The van der Waals surface area contributed by atoms with E-state index in [-0.39, 0.29) is 5.69 Å². The van der Waals surface area contributed by atoms with Gasteiger partial charge in [0.1, 0.15) is 11.9 Å². The summed E-state index contributed by atoms with van der Waals surface area (Å²) >= 11 is 3.33. The van der Waals surface area contributed by atoms with Crippen LogP contribution in [-0.4, -0.2) is 15.1 Å². The van der Waals surface area contributed by atoms with E-state index < -0.39 is 4.92 Å². The number of nitrogens with one attached hydrogen (secondary N) is 1. The van der Waals surface area contributed by atoms with Crippen LogP contribution in [0, 0.1) is 10.1 Å². The van der Waals surface area contributed by atoms with Gasteiger partial charge < -0.3 is 0 Å². The lowest BCUT2D eigenvalue weighted by Gasteiger charge is -1.99. The van der Waals surface area contributed by atoms with Gasteiger partial charge in [0, 0.05) is 10.0 Å². The molecule has 2 aromatic rings. The first-order chi connectivity index (χ1) is 7.20. The van der Waals surface area contributed by atoms with Crippen LogP contribution in [0.4, 0.5) is 5.69 Å². The first-order valence-electron chi connectivity index (χ1n) is 4.13. The van der Waals surface area contributed by atoms with E-state index in [2.05, 4.69) is 26.1 Å². The molecule has 2 rings (SSSR count). The first kappa shape index (κ1) is 9.85. The molecule has 76 valence electrons. The minimum Gasteiger partial charge on any atom is -0.271 e. The van der Waals surface area contributed by atoms with Gasteiger partial charge in [-0.3, -0.25) is 15.2 Å². The van der Waals surface area contributed by atoms with Crippen molar-refractivity contribution in [2.24, 2.45) is 0 Å². The van der Waals surface area contributed by atoms with Gasteiger partial charge in [0.2, 0.25) is 0 Å². The van der Waals surface area contributed by atoms with Crippen molar-refractivity contribution in [3.05, 3.63) is 45.0 Å². The molecule has 0 saturated heterocycles. The Morgan fingerprint density at radius 3 is 2.80 bits per heavy atom. The molecule has 0 aliphatic heterocycles. The van der Waals surface area contributed by atoms with E-state index in [0.29, 0.717) is 5.69 Å². The van der Waals surface area contributed by atoms with Gasteiger partial charge in [-0.1, -0.05) is 34.1 Å². The zero-order chi connectivity index (χ0) is 10.8. The van der Waals surface area contributed by atoms with Crippen molar-refractivity contribution in [1.82, 2.24) is 10.2 Å². The summed E-state index contributed by atoms with van der Waals surface area (Å²) in [6.45, 7) is 0. The predicted octanol–water partition coefficient (Wildman–Crippen LogP) is 2.75. The molecular formula is C9H6BrN3O2. The molecule has 1 N–H and O–H groups in total. The third-order valence-corrected chi connectivity index (χ3v) is 2.65. The van der Waals surface area contributed by atoms with Crippen molar-refractivity contribution in [3.63, 3.8) is 0 Å². The van der Waals surface area contributed by atoms with E-state index >= 15 is 0 Å². The van der Waals surface area contributed by atoms with Crippen molar-refractivity contribution in [3.8, 4) is 11.3 Å². The molecule has 0 spiro atoms. The highest BCUT2D eigenvalue weighted by atomic mass is 79.9. The quantitative estimate of drug-likeness (QED) is 0.672. The summed E-state index contributed by atoms with van der Waals surface area (Å²) in [7, 11) is 0. The lowest BCUT2D eigenvalue weighted by Crippen LogP contribution is -1.89. The summed E-state index contributed by atoms with van der Waals surface area (Å²) in [4.78, 5) is 10.2.